The Bertz CT molecular complexity index is 488. The molecule has 3 atom stereocenters. The fraction of sp³-hybridized carbons (Fsp3) is 0.562. The molecular formula is C16H21NO3. The standard InChI is InChI=1S/C16H21NO3/c1-2-11-6-5-7-12(11)17-16(18)15-10-19-13-8-3-4-9-14(13)20-15/h3-4,8-9,11-12,15H,2,5-7,10H2,1H3,(H,17,18). The lowest BCUT2D eigenvalue weighted by atomic mass is 10.0. The molecule has 4 nitrogen and oxygen atoms in total. The van der Waals surface area contributed by atoms with Gasteiger partial charge in [-0.1, -0.05) is 31.9 Å². The van der Waals surface area contributed by atoms with Crippen LogP contribution in [0.3, 0.4) is 0 Å². The molecule has 1 N–H and O–H groups in total. The van der Waals surface area contributed by atoms with Crippen molar-refractivity contribution in [3.8, 4) is 11.5 Å². The lowest BCUT2D eigenvalue weighted by molar-refractivity contribution is -0.131. The Morgan fingerprint density at radius 3 is 2.90 bits per heavy atom. The van der Waals surface area contributed by atoms with Crippen LogP contribution in [0.2, 0.25) is 0 Å². The van der Waals surface area contributed by atoms with Crippen molar-refractivity contribution >= 4 is 5.91 Å². The van der Waals surface area contributed by atoms with Crippen molar-refractivity contribution < 1.29 is 14.3 Å². The van der Waals surface area contributed by atoms with Crippen LogP contribution in [0, 0.1) is 5.92 Å². The predicted molar refractivity (Wildman–Crippen MR) is 75.9 cm³/mol. The molecular weight excluding hydrogens is 254 g/mol. The van der Waals surface area contributed by atoms with E-state index >= 15 is 0 Å². The number of para-hydroxylation sites is 2. The van der Waals surface area contributed by atoms with Crippen LogP contribution in [0.15, 0.2) is 24.3 Å². The minimum absolute atomic E-state index is 0.0511. The molecule has 0 bridgehead atoms. The van der Waals surface area contributed by atoms with Crippen molar-refractivity contribution in [2.75, 3.05) is 6.61 Å². The Hall–Kier alpha value is -1.71. The number of carbonyl (C=O) groups excluding carboxylic acids is 1. The Labute approximate surface area is 119 Å². The largest absolute Gasteiger partial charge is 0.485 e. The first kappa shape index (κ1) is 13.3. The molecule has 0 spiro atoms. The number of hydrogen-bond donors (Lipinski definition) is 1. The lowest BCUT2D eigenvalue weighted by Gasteiger charge is -2.28. The smallest absolute Gasteiger partial charge is 0.264 e. The molecule has 1 amide bonds. The Balaban J connectivity index is 1.61. The first-order valence-electron chi connectivity index (χ1n) is 7.46. The van der Waals surface area contributed by atoms with Crippen molar-refractivity contribution in [2.24, 2.45) is 5.92 Å². The van der Waals surface area contributed by atoms with Gasteiger partial charge in [0.05, 0.1) is 0 Å². The number of ether oxygens (including phenoxy) is 2. The summed E-state index contributed by atoms with van der Waals surface area (Å²) in [6, 6.07) is 7.76. The zero-order valence-corrected chi connectivity index (χ0v) is 11.8. The van der Waals surface area contributed by atoms with Crippen molar-refractivity contribution in [1.29, 1.82) is 0 Å². The molecule has 1 aromatic rings. The molecule has 108 valence electrons. The summed E-state index contributed by atoms with van der Waals surface area (Å²) in [5, 5.41) is 3.14. The van der Waals surface area contributed by atoms with Gasteiger partial charge in [0.15, 0.2) is 11.5 Å². The van der Waals surface area contributed by atoms with E-state index in [2.05, 4.69) is 12.2 Å². The molecule has 1 aliphatic heterocycles. The third-order valence-electron chi connectivity index (χ3n) is 4.31. The van der Waals surface area contributed by atoms with E-state index < -0.39 is 6.10 Å². The van der Waals surface area contributed by atoms with E-state index in [1.165, 1.54) is 12.8 Å². The van der Waals surface area contributed by atoms with E-state index in [-0.39, 0.29) is 12.5 Å². The highest BCUT2D eigenvalue weighted by Gasteiger charge is 2.32. The minimum Gasteiger partial charge on any atom is -0.485 e. The summed E-state index contributed by atoms with van der Waals surface area (Å²) < 4.78 is 11.3. The van der Waals surface area contributed by atoms with E-state index in [0.717, 1.165) is 12.8 Å². The molecule has 3 unspecified atom stereocenters. The maximum absolute atomic E-state index is 12.3. The quantitative estimate of drug-likeness (QED) is 0.922. The van der Waals surface area contributed by atoms with E-state index in [1.54, 1.807) is 0 Å². The van der Waals surface area contributed by atoms with Crippen LogP contribution in [0.25, 0.3) is 0 Å². The minimum atomic E-state index is -0.539. The number of benzene rings is 1. The number of hydrogen-bond acceptors (Lipinski definition) is 3. The highest BCUT2D eigenvalue weighted by atomic mass is 16.6. The van der Waals surface area contributed by atoms with Crippen molar-refractivity contribution in [1.82, 2.24) is 5.32 Å². The maximum atomic E-state index is 12.3. The second-order valence-electron chi connectivity index (χ2n) is 5.58. The van der Waals surface area contributed by atoms with Crippen LogP contribution in [-0.4, -0.2) is 24.7 Å². The molecule has 1 saturated carbocycles. The van der Waals surface area contributed by atoms with Gasteiger partial charge >= 0.3 is 0 Å². The predicted octanol–water partition coefficient (Wildman–Crippen LogP) is 2.52. The molecule has 1 aromatic carbocycles. The Morgan fingerprint density at radius 1 is 1.30 bits per heavy atom. The van der Waals surface area contributed by atoms with Crippen LogP contribution >= 0.6 is 0 Å². The summed E-state index contributed by atoms with van der Waals surface area (Å²) in [6.45, 7) is 2.47. The van der Waals surface area contributed by atoms with Gasteiger partial charge in [0.2, 0.25) is 6.10 Å². The number of amides is 1. The van der Waals surface area contributed by atoms with Gasteiger partial charge in [0.25, 0.3) is 5.91 Å². The van der Waals surface area contributed by atoms with Gasteiger partial charge in [-0.05, 0) is 30.9 Å². The summed E-state index contributed by atoms with van der Waals surface area (Å²) in [5.74, 6) is 1.92. The van der Waals surface area contributed by atoms with Crippen molar-refractivity contribution in [3.63, 3.8) is 0 Å². The third kappa shape index (κ3) is 2.60. The number of rotatable bonds is 3. The van der Waals surface area contributed by atoms with Gasteiger partial charge in [-0.2, -0.15) is 0 Å². The lowest BCUT2D eigenvalue weighted by Crippen LogP contribution is -2.48. The molecule has 20 heavy (non-hydrogen) atoms. The molecule has 4 heteroatoms. The summed E-state index contributed by atoms with van der Waals surface area (Å²) in [6.07, 6.45) is 4.08. The van der Waals surface area contributed by atoms with Crippen LogP contribution < -0.4 is 14.8 Å². The van der Waals surface area contributed by atoms with Gasteiger partial charge in [-0.25, -0.2) is 0 Å². The van der Waals surface area contributed by atoms with Gasteiger partial charge in [0.1, 0.15) is 6.61 Å². The van der Waals surface area contributed by atoms with Gasteiger partial charge in [-0.15, -0.1) is 0 Å². The Morgan fingerprint density at radius 2 is 2.10 bits per heavy atom. The van der Waals surface area contributed by atoms with Crippen LogP contribution in [-0.2, 0) is 4.79 Å². The SMILES string of the molecule is CCC1CCCC1NC(=O)C1COc2ccccc2O1. The topological polar surface area (TPSA) is 47.6 Å². The third-order valence-corrected chi connectivity index (χ3v) is 4.31. The first-order valence-corrected chi connectivity index (χ1v) is 7.46. The van der Waals surface area contributed by atoms with E-state index in [1.807, 2.05) is 24.3 Å². The number of fused-ring (bicyclic) bond motifs is 1. The highest BCUT2D eigenvalue weighted by Crippen LogP contribution is 2.32. The molecule has 0 aromatic heterocycles. The monoisotopic (exact) mass is 275 g/mol. The summed E-state index contributed by atoms with van der Waals surface area (Å²) in [4.78, 5) is 12.3. The van der Waals surface area contributed by atoms with Crippen molar-refractivity contribution in [2.45, 2.75) is 44.8 Å². The summed E-state index contributed by atoms with van der Waals surface area (Å²) >= 11 is 0. The molecule has 1 fully saturated rings. The average Bonchev–Trinajstić information content (AvgIpc) is 2.94. The molecule has 1 aliphatic carbocycles. The Kier molecular flexibility index (Phi) is 3.81. The number of carbonyl (C=O) groups is 1. The second kappa shape index (κ2) is 5.73. The first-order chi connectivity index (χ1) is 9.78. The highest BCUT2D eigenvalue weighted by molar-refractivity contribution is 5.82. The van der Waals surface area contributed by atoms with Crippen LogP contribution in [0.4, 0.5) is 0 Å². The normalized spacial score (nSPS) is 28.1. The summed E-state index contributed by atoms with van der Waals surface area (Å²) in [7, 11) is 0. The van der Waals surface area contributed by atoms with E-state index in [9.17, 15) is 4.79 Å². The van der Waals surface area contributed by atoms with E-state index in [4.69, 9.17) is 9.47 Å². The summed E-state index contributed by atoms with van der Waals surface area (Å²) in [5.41, 5.74) is 0. The molecule has 0 radical (unpaired) electrons. The molecule has 1 heterocycles. The van der Waals surface area contributed by atoms with Crippen molar-refractivity contribution in [3.05, 3.63) is 24.3 Å². The van der Waals surface area contributed by atoms with Crippen LogP contribution in [0.5, 0.6) is 11.5 Å². The second-order valence-corrected chi connectivity index (χ2v) is 5.58. The molecule has 0 saturated heterocycles. The molecule has 3 rings (SSSR count). The molecule has 2 aliphatic rings. The van der Waals surface area contributed by atoms with Gasteiger partial charge < -0.3 is 14.8 Å². The number of nitrogens with one attached hydrogen (secondary N) is 1. The zero-order chi connectivity index (χ0) is 13.9. The van der Waals surface area contributed by atoms with Gasteiger partial charge in [0, 0.05) is 6.04 Å². The van der Waals surface area contributed by atoms with Crippen LogP contribution in [0.1, 0.15) is 32.6 Å². The zero-order valence-electron chi connectivity index (χ0n) is 11.8. The maximum Gasteiger partial charge on any atom is 0.264 e. The van der Waals surface area contributed by atoms with E-state index in [0.29, 0.717) is 23.5 Å². The fourth-order valence-corrected chi connectivity index (χ4v) is 3.14. The fourth-order valence-electron chi connectivity index (χ4n) is 3.14. The van der Waals surface area contributed by atoms with Gasteiger partial charge in [-0.3, -0.25) is 4.79 Å². The average molecular weight is 275 g/mol.